The van der Waals surface area contributed by atoms with E-state index in [0.29, 0.717) is 46.8 Å². The first kappa shape index (κ1) is 19.4. The molecule has 30 heavy (non-hydrogen) atoms. The molecule has 0 bridgehead atoms. The fourth-order valence-electron chi connectivity index (χ4n) is 3.04. The van der Waals surface area contributed by atoms with E-state index >= 15 is 0 Å². The molecule has 0 atom stereocenters. The highest BCUT2D eigenvalue weighted by atomic mass is 16.7. The second-order valence-electron chi connectivity index (χ2n) is 6.66. The number of fused-ring (bicyclic) bond motifs is 2. The van der Waals surface area contributed by atoms with Gasteiger partial charge in [-0.05, 0) is 30.7 Å². The predicted octanol–water partition coefficient (Wildman–Crippen LogP) is 2.16. The molecule has 154 valence electrons. The first-order valence-corrected chi connectivity index (χ1v) is 9.41. The van der Waals surface area contributed by atoms with Gasteiger partial charge in [0.1, 0.15) is 5.82 Å². The Morgan fingerprint density at radius 3 is 2.87 bits per heavy atom. The minimum absolute atomic E-state index is 0.105. The fourth-order valence-corrected chi connectivity index (χ4v) is 3.04. The Balaban J connectivity index is 1.21. The van der Waals surface area contributed by atoms with Gasteiger partial charge < -0.3 is 24.5 Å². The number of aromatic nitrogens is 2. The van der Waals surface area contributed by atoms with Crippen LogP contribution in [0.25, 0.3) is 10.9 Å². The van der Waals surface area contributed by atoms with Crippen molar-refractivity contribution >= 4 is 28.5 Å². The van der Waals surface area contributed by atoms with Crippen LogP contribution in [0.2, 0.25) is 0 Å². The van der Waals surface area contributed by atoms with E-state index in [1.54, 1.807) is 36.4 Å². The molecule has 1 amide bonds. The zero-order valence-electron chi connectivity index (χ0n) is 16.0. The standard InChI is InChI=1S/C21H19N3O6/c25-19(22-13-8-9-16-17(10-13)30-12-29-16)11-28-20(26)7-3-6-18-23-15-5-2-1-4-14(15)21(27)24-18/h1-2,4-5,8-10H,3,6-7,11-12H2,(H,22,25)(H,23,24,27). The minimum Gasteiger partial charge on any atom is -0.456 e. The van der Waals surface area contributed by atoms with Crippen molar-refractivity contribution in [1.29, 1.82) is 0 Å². The highest BCUT2D eigenvalue weighted by Gasteiger charge is 2.15. The molecule has 0 aliphatic carbocycles. The van der Waals surface area contributed by atoms with E-state index in [1.165, 1.54) is 0 Å². The van der Waals surface area contributed by atoms with Gasteiger partial charge in [-0.2, -0.15) is 0 Å². The minimum atomic E-state index is -0.501. The molecule has 2 heterocycles. The van der Waals surface area contributed by atoms with Gasteiger partial charge in [0.25, 0.3) is 11.5 Å². The summed E-state index contributed by atoms with van der Waals surface area (Å²) in [6, 6.07) is 12.1. The van der Waals surface area contributed by atoms with Crippen molar-refractivity contribution in [2.45, 2.75) is 19.3 Å². The SMILES string of the molecule is O=C(COC(=O)CCCc1nc2ccccc2c(=O)[nH]1)Nc1ccc2c(c1)OCO2. The molecule has 2 aromatic carbocycles. The third-order valence-corrected chi connectivity index (χ3v) is 4.48. The largest absolute Gasteiger partial charge is 0.456 e. The Morgan fingerprint density at radius 2 is 1.97 bits per heavy atom. The Kier molecular flexibility index (Phi) is 5.60. The second-order valence-corrected chi connectivity index (χ2v) is 6.66. The maximum absolute atomic E-state index is 12.0. The van der Waals surface area contributed by atoms with Crippen molar-refractivity contribution in [3.05, 3.63) is 58.6 Å². The number of anilines is 1. The number of rotatable bonds is 7. The maximum atomic E-state index is 12.0. The van der Waals surface area contributed by atoms with Crippen molar-refractivity contribution in [3.63, 3.8) is 0 Å². The van der Waals surface area contributed by atoms with Gasteiger partial charge in [0.05, 0.1) is 10.9 Å². The molecular weight excluding hydrogens is 390 g/mol. The summed E-state index contributed by atoms with van der Waals surface area (Å²) in [6.45, 7) is -0.245. The van der Waals surface area contributed by atoms with Crippen molar-refractivity contribution in [1.82, 2.24) is 9.97 Å². The average Bonchev–Trinajstić information content (AvgIpc) is 3.20. The normalized spacial score (nSPS) is 12.0. The van der Waals surface area contributed by atoms with Crippen LogP contribution < -0.4 is 20.3 Å². The molecule has 2 N–H and O–H groups in total. The zero-order chi connectivity index (χ0) is 20.9. The zero-order valence-corrected chi connectivity index (χ0v) is 16.0. The number of aryl methyl sites for hydroxylation is 1. The van der Waals surface area contributed by atoms with Gasteiger partial charge in [-0.3, -0.25) is 14.4 Å². The number of carbonyl (C=O) groups excluding carboxylic acids is 2. The summed E-state index contributed by atoms with van der Waals surface area (Å²) in [5.41, 5.74) is 0.920. The summed E-state index contributed by atoms with van der Waals surface area (Å²) in [7, 11) is 0. The lowest BCUT2D eigenvalue weighted by molar-refractivity contribution is -0.147. The van der Waals surface area contributed by atoms with Crippen LogP contribution in [0.3, 0.4) is 0 Å². The van der Waals surface area contributed by atoms with Crippen LogP contribution in [0.5, 0.6) is 11.5 Å². The molecule has 0 radical (unpaired) electrons. The van der Waals surface area contributed by atoms with Crippen molar-refractivity contribution in [2.75, 3.05) is 18.7 Å². The van der Waals surface area contributed by atoms with Crippen LogP contribution in [-0.2, 0) is 20.7 Å². The van der Waals surface area contributed by atoms with Crippen LogP contribution in [0, 0.1) is 0 Å². The van der Waals surface area contributed by atoms with Crippen LogP contribution >= 0.6 is 0 Å². The summed E-state index contributed by atoms with van der Waals surface area (Å²) in [6.07, 6.45) is 0.955. The van der Waals surface area contributed by atoms with Gasteiger partial charge in [-0.1, -0.05) is 12.1 Å². The van der Waals surface area contributed by atoms with E-state index < -0.39 is 18.5 Å². The average molecular weight is 409 g/mol. The highest BCUT2D eigenvalue weighted by Crippen LogP contribution is 2.34. The van der Waals surface area contributed by atoms with E-state index in [4.69, 9.17) is 14.2 Å². The molecule has 3 aromatic rings. The van der Waals surface area contributed by atoms with E-state index in [0.717, 1.165) is 0 Å². The van der Waals surface area contributed by atoms with E-state index in [2.05, 4.69) is 15.3 Å². The van der Waals surface area contributed by atoms with Gasteiger partial charge in [0, 0.05) is 24.6 Å². The molecule has 9 nitrogen and oxygen atoms in total. The van der Waals surface area contributed by atoms with Crippen molar-refractivity contribution < 1.29 is 23.8 Å². The number of esters is 1. The first-order chi connectivity index (χ1) is 14.6. The summed E-state index contributed by atoms with van der Waals surface area (Å²) in [5, 5.41) is 3.15. The Hall–Kier alpha value is -3.88. The molecular formula is C21H19N3O6. The number of para-hydroxylation sites is 1. The smallest absolute Gasteiger partial charge is 0.306 e. The Bertz CT molecular complexity index is 1160. The number of H-pyrrole nitrogens is 1. The molecule has 0 spiro atoms. The second kappa shape index (κ2) is 8.64. The molecule has 9 heteroatoms. The molecule has 1 aliphatic heterocycles. The number of carbonyl (C=O) groups is 2. The summed E-state index contributed by atoms with van der Waals surface area (Å²) in [5.74, 6) is 0.709. The summed E-state index contributed by atoms with van der Waals surface area (Å²) < 4.78 is 15.5. The maximum Gasteiger partial charge on any atom is 0.306 e. The van der Waals surface area contributed by atoms with Crippen LogP contribution in [0.15, 0.2) is 47.3 Å². The summed E-state index contributed by atoms with van der Waals surface area (Å²) in [4.78, 5) is 43.0. The van der Waals surface area contributed by atoms with E-state index in [1.807, 2.05) is 6.07 Å². The number of hydrogen-bond donors (Lipinski definition) is 2. The van der Waals surface area contributed by atoms with E-state index in [-0.39, 0.29) is 18.8 Å². The number of ether oxygens (including phenoxy) is 3. The van der Waals surface area contributed by atoms with Gasteiger partial charge >= 0.3 is 5.97 Å². The molecule has 4 rings (SSSR count). The number of aromatic amines is 1. The van der Waals surface area contributed by atoms with E-state index in [9.17, 15) is 14.4 Å². The monoisotopic (exact) mass is 409 g/mol. The summed E-state index contributed by atoms with van der Waals surface area (Å²) >= 11 is 0. The van der Waals surface area contributed by atoms with Crippen LogP contribution in [-0.4, -0.2) is 35.2 Å². The molecule has 1 aromatic heterocycles. The number of benzene rings is 2. The topological polar surface area (TPSA) is 120 Å². The van der Waals surface area contributed by atoms with Crippen LogP contribution in [0.4, 0.5) is 5.69 Å². The van der Waals surface area contributed by atoms with Crippen molar-refractivity contribution in [2.24, 2.45) is 0 Å². The lowest BCUT2D eigenvalue weighted by Gasteiger charge is -2.07. The number of nitrogens with one attached hydrogen (secondary N) is 2. The Morgan fingerprint density at radius 1 is 1.13 bits per heavy atom. The molecule has 0 fully saturated rings. The highest BCUT2D eigenvalue weighted by molar-refractivity contribution is 5.93. The quantitative estimate of drug-likeness (QED) is 0.574. The van der Waals surface area contributed by atoms with Gasteiger partial charge in [-0.25, -0.2) is 4.98 Å². The van der Waals surface area contributed by atoms with Gasteiger partial charge in [-0.15, -0.1) is 0 Å². The van der Waals surface area contributed by atoms with Crippen molar-refractivity contribution in [3.8, 4) is 11.5 Å². The predicted molar refractivity (Wildman–Crippen MR) is 107 cm³/mol. The third kappa shape index (κ3) is 4.57. The van der Waals surface area contributed by atoms with Gasteiger partial charge in [0.2, 0.25) is 6.79 Å². The lowest BCUT2D eigenvalue weighted by atomic mass is 10.2. The van der Waals surface area contributed by atoms with Crippen LogP contribution in [0.1, 0.15) is 18.7 Å². The molecule has 0 saturated heterocycles. The lowest BCUT2D eigenvalue weighted by Crippen LogP contribution is -2.21. The number of nitrogens with zero attached hydrogens (tertiary/aromatic N) is 1. The first-order valence-electron chi connectivity index (χ1n) is 9.41. The Labute approximate surface area is 171 Å². The molecule has 0 unspecified atom stereocenters. The third-order valence-electron chi connectivity index (χ3n) is 4.48. The fraction of sp³-hybridized carbons (Fsp3) is 0.238. The molecule has 0 saturated carbocycles. The van der Waals surface area contributed by atoms with Gasteiger partial charge in [0.15, 0.2) is 18.1 Å². The molecule has 1 aliphatic rings. The number of amides is 1. The number of hydrogen-bond acceptors (Lipinski definition) is 7.